The Morgan fingerprint density at radius 1 is 1.11 bits per heavy atom. The number of carbonyl (C=O) groups is 1. The molecule has 7 nitrogen and oxygen atoms in total. The molecule has 8 heteroatoms. The highest BCUT2D eigenvalue weighted by atomic mass is 35.5. The number of hydrogen-bond acceptors (Lipinski definition) is 6. The van der Waals surface area contributed by atoms with Crippen LogP contribution in [0.4, 0.5) is 0 Å². The van der Waals surface area contributed by atoms with Crippen molar-refractivity contribution in [2.75, 3.05) is 21.3 Å². The van der Waals surface area contributed by atoms with Crippen molar-refractivity contribution in [2.45, 2.75) is 13.2 Å². The molecule has 0 bridgehead atoms. The number of hydrazone groups is 1. The van der Waals surface area contributed by atoms with Gasteiger partial charge in [-0.1, -0.05) is 17.7 Å². The second-order valence-electron chi connectivity index (χ2n) is 5.71. The van der Waals surface area contributed by atoms with Gasteiger partial charge in [-0.15, -0.1) is 5.10 Å². The van der Waals surface area contributed by atoms with E-state index in [1.165, 1.54) is 33.3 Å². The molecule has 0 saturated heterocycles. The van der Waals surface area contributed by atoms with Crippen LogP contribution in [0.5, 0.6) is 17.2 Å². The molecule has 1 aliphatic rings. The molecule has 1 aliphatic heterocycles. The summed E-state index contributed by atoms with van der Waals surface area (Å²) in [4.78, 5) is 12.1. The van der Waals surface area contributed by atoms with Crippen molar-refractivity contribution >= 4 is 23.4 Å². The van der Waals surface area contributed by atoms with Crippen molar-refractivity contribution < 1.29 is 23.7 Å². The van der Waals surface area contributed by atoms with Gasteiger partial charge in [0.2, 0.25) is 23.8 Å². The molecule has 142 valence electrons. The predicted molar refractivity (Wildman–Crippen MR) is 100 cm³/mol. The summed E-state index contributed by atoms with van der Waals surface area (Å²) in [7, 11) is 4.56. The maximum absolute atomic E-state index is 12.1. The zero-order valence-electron chi connectivity index (χ0n) is 15.4. The molecule has 1 atom stereocenters. The number of carbonyl (C=O) groups excluding carboxylic acids is 1. The molecule has 1 amide bonds. The highest BCUT2D eigenvalue weighted by Crippen LogP contribution is 2.42. The first-order valence-electron chi connectivity index (χ1n) is 8.09. The van der Waals surface area contributed by atoms with Crippen LogP contribution >= 0.6 is 11.6 Å². The molecule has 0 aliphatic carbocycles. The summed E-state index contributed by atoms with van der Waals surface area (Å²) in [6.45, 7) is 1.42. The average molecular weight is 391 g/mol. The minimum atomic E-state index is -0.773. The van der Waals surface area contributed by atoms with Crippen LogP contribution in [0.15, 0.2) is 41.5 Å². The second kappa shape index (κ2) is 7.75. The third-order valence-corrected chi connectivity index (χ3v) is 4.25. The molecule has 2 aromatic carbocycles. The lowest BCUT2D eigenvalue weighted by Crippen LogP contribution is -2.25. The Bertz CT molecular complexity index is 874. The first-order chi connectivity index (χ1) is 13.0. The van der Waals surface area contributed by atoms with E-state index in [0.29, 0.717) is 39.3 Å². The monoisotopic (exact) mass is 390 g/mol. The molecule has 0 fully saturated rings. The SMILES string of the molecule is COc1cc(C2OC(c3cccc(Cl)c3)=NN2C(C)=O)cc(OC)c1OC. The Morgan fingerprint density at radius 2 is 1.78 bits per heavy atom. The van der Waals surface area contributed by atoms with Crippen molar-refractivity contribution in [2.24, 2.45) is 5.10 Å². The Hall–Kier alpha value is -2.93. The van der Waals surface area contributed by atoms with E-state index in [2.05, 4.69) is 5.10 Å². The summed E-state index contributed by atoms with van der Waals surface area (Å²) in [5.41, 5.74) is 1.30. The number of amides is 1. The Labute approximate surface area is 162 Å². The number of rotatable bonds is 5. The molecule has 0 N–H and O–H groups in total. The molecule has 1 unspecified atom stereocenters. The largest absolute Gasteiger partial charge is 0.493 e. The van der Waals surface area contributed by atoms with E-state index < -0.39 is 6.23 Å². The fourth-order valence-corrected chi connectivity index (χ4v) is 2.96. The average Bonchev–Trinajstić information content (AvgIpc) is 3.12. The lowest BCUT2D eigenvalue weighted by atomic mass is 10.1. The summed E-state index contributed by atoms with van der Waals surface area (Å²) >= 11 is 6.05. The van der Waals surface area contributed by atoms with Crippen molar-refractivity contribution in [3.8, 4) is 17.2 Å². The Kier molecular flexibility index (Phi) is 5.41. The zero-order valence-corrected chi connectivity index (χ0v) is 16.1. The van der Waals surface area contributed by atoms with Gasteiger partial charge in [0, 0.05) is 23.1 Å². The van der Waals surface area contributed by atoms with Gasteiger partial charge in [-0.25, -0.2) is 0 Å². The molecular weight excluding hydrogens is 372 g/mol. The summed E-state index contributed by atoms with van der Waals surface area (Å²) in [5, 5.41) is 6.12. The van der Waals surface area contributed by atoms with Gasteiger partial charge in [0.05, 0.1) is 21.3 Å². The van der Waals surface area contributed by atoms with E-state index in [0.717, 1.165) is 0 Å². The number of benzene rings is 2. The first-order valence-corrected chi connectivity index (χ1v) is 8.47. The van der Waals surface area contributed by atoms with Crippen LogP contribution in [0.3, 0.4) is 0 Å². The van der Waals surface area contributed by atoms with Gasteiger partial charge in [-0.2, -0.15) is 5.01 Å². The zero-order chi connectivity index (χ0) is 19.6. The van der Waals surface area contributed by atoms with Gasteiger partial charge >= 0.3 is 0 Å². The van der Waals surface area contributed by atoms with Crippen LogP contribution in [0.25, 0.3) is 0 Å². The molecular formula is C19H19ClN2O5. The van der Waals surface area contributed by atoms with Gasteiger partial charge in [-0.05, 0) is 30.3 Å². The van der Waals surface area contributed by atoms with E-state index in [1.54, 1.807) is 36.4 Å². The summed E-state index contributed by atoms with van der Waals surface area (Å²) in [6.07, 6.45) is -0.773. The van der Waals surface area contributed by atoms with E-state index in [9.17, 15) is 4.79 Å². The lowest BCUT2D eigenvalue weighted by molar-refractivity contribution is -0.135. The molecule has 27 heavy (non-hydrogen) atoms. The van der Waals surface area contributed by atoms with Crippen molar-refractivity contribution in [3.05, 3.63) is 52.5 Å². The highest BCUT2D eigenvalue weighted by Gasteiger charge is 2.34. The minimum Gasteiger partial charge on any atom is -0.493 e. The van der Waals surface area contributed by atoms with Crippen molar-refractivity contribution in [1.82, 2.24) is 5.01 Å². The number of methoxy groups -OCH3 is 3. The van der Waals surface area contributed by atoms with Gasteiger partial charge in [0.1, 0.15) is 0 Å². The highest BCUT2D eigenvalue weighted by molar-refractivity contribution is 6.31. The topological polar surface area (TPSA) is 69.6 Å². The van der Waals surface area contributed by atoms with Gasteiger partial charge in [0.15, 0.2) is 11.5 Å². The standard InChI is InChI=1S/C19H19ClN2O5/c1-11(23)22-19(27-18(21-22)12-6-5-7-14(20)8-12)13-9-15(24-2)17(26-4)16(10-13)25-3/h5-10,19H,1-4H3. The van der Waals surface area contributed by atoms with Crippen LogP contribution in [-0.4, -0.2) is 38.1 Å². The van der Waals surface area contributed by atoms with Crippen molar-refractivity contribution in [1.29, 1.82) is 0 Å². The second-order valence-corrected chi connectivity index (χ2v) is 6.14. The number of halogens is 1. The third kappa shape index (κ3) is 3.64. The molecule has 3 rings (SSSR count). The molecule has 0 radical (unpaired) electrons. The number of nitrogens with zero attached hydrogens (tertiary/aromatic N) is 2. The summed E-state index contributed by atoms with van der Waals surface area (Å²) in [5.74, 6) is 1.38. The maximum Gasteiger partial charge on any atom is 0.243 e. The van der Waals surface area contributed by atoms with Gasteiger partial charge < -0.3 is 18.9 Å². The normalized spacial score (nSPS) is 15.8. The smallest absolute Gasteiger partial charge is 0.243 e. The van der Waals surface area contributed by atoms with Crippen LogP contribution in [0.2, 0.25) is 5.02 Å². The van der Waals surface area contributed by atoms with Gasteiger partial charge in [0.25, 0.3) is 0 Å². The summed E-state index contributed by atoms with van der Waals surface area (Å²) in [6, 6.07) is 10.5. The van der Waals surface area contributed by atoms with Crippen molar-refractivity contribution in [3.63, 3.8) is 0 Å². The van der Waals surface area contributed by atoms with E-state index in [1.807, 2.05) is 0 Å². The number of hydrogen-bond donors (Lipinski definition) is 0. The number of ether oxygens (including phenoxy) is 4. The fraction of sp³-hybridized carbons (Fsp3) is 0.263. The van der Waals surface area contributed by atoms with Crippen LogP contribution in [0.1, 0.15) is 24.3 Å². The maximum atomic E-state index is 12.1. The minimum absolute atomic E-state index is 0.272. The van der Waals surface area contributed by atoms with Crippen LogP contribution in [0, 0.1) is 0 Å². The first kappa shape index (κ1) is 18.8. The lowest BCUT2D eigenvalue weighted by Gasteiger charge is -2.21. The quantitative estimate of drug-likeness (QED) is 0.780. The van der Waals surface area contributed by atoms with Crippen LogP contribution < -0.4 is 14.2 Å². The molecule has 0 saturated carbocycles. The Balaban J connectivity index is 2.03. The molecule has 1 heterocycles. The van der Waals surface area contributed by atoms with E-state index >= 15 is 0 Å². The van der Waals surface area contributed by atoms with Crippen LogP contribution in [-0.2, 0) is 9.53 Å². The fourth-order valence-electron chi connectivity index (χ4n) is 2.77. The molecule has 0 spiro atoms. The molecule has 2 aromatic rings. The van der Waals surface area contributed by atoms with E-state index in [-0.39, 0.29) is 5.91 Å². The summed E-state index contributed by atoms with van der Waals surface area (Å²) < 4.78 is 22.1. The third-order valence-electron chi connectivity index (χ3n) is 4.01. The molecule has 0 aromatic heterocycles. The van der Waals surface area contributed by atoms with Gasteiger partial charge in [-0.3, -0.25) is 4.79 Å². The van der Waals surface area contributed by atoms with E-state index in [4.69, 9.17) is 30.5 Å². The Morgan fingerprint density at radius 3 is 2.30 bits per heavy atom. The predicted octanol–water partition coefficient (Wildman–Crippen LogP) is 3.60.